The van der Waals surface area contributed by atoms with Crippen LogP contribution < -0.4 is 10.6 Å². The molecule has 0 atom stereocenters. The van der Waals surface area contributed by atoms with Crippen molar-refractivity contribution in [3.05, 3.63) is 89.2 Å². The van der Waals surface area contributed by atoms with E-state index in [1.165, 1.54) is 0 Å². The zero-order chi connectivity index (χ0) is 18.4. The third kappa shape index (κ3) is 4.68. The topological polar surface area (TPSA) is 71.1 Å². The van der Waals surface area contributed by atoms with E-state index in [0.29, 0.717) is 22.0 Å². The van der Waals surface area contributed by atoms with Crippen LogP contribution in [0.15, 0.2) is 73.1 Å². The van der Waals surface area contributed by atoms with E-state index in [2.05, 4.69) is 15.6 Å². The van der Waals surface area contributed by atoms with Gasteiger partial charge >= 0.3 is 0 Å². The maximum atomic E-state index is 12.3. The van der Waals surface area contributed by atoms with Crippen molar-refractivity contribution < 1.29 is 9.59 Å². The molecule has 2 amide bonds. The highest BCUT2D eigenvalue weighted by molar-refractivity contribution is 6.31. The molecule has 0 unspecified atom stereocenters. The number of amides is 2. The lowest BCUT2D eigenvalue weighted by Gasteiger charge is -2.09. The number of pyridine rings is 1. The lowest BCUT2D eigenvalue weighted by molar-refractivity contribution is -0.115. The molecule has 0 bridgehead atoms. The van der Waals surface area contributed by atoms with Crippen molar-refractivity contribution in [2.45, 2.75) is 6.42 Å². The molecule has 2 N–H and O–H groups in total. The van der Waals surface area contributed by atoms with Crippen molar-refractivity contribution in [2.24, 2.45) is 0 Å². The molecule has 0 spiro atoms. The van der Waals surface area contributed by atoms with Crippen LogP contribution in [-0.4, -0.2) is 16.8 Å². The molecule has 3 rings (SSSR count). The third-order valence-electron chi connectivity index (χ3n) is 3.66. The summed E-state index contributed by atoms with van der Waals surface area (Å²) in [6, 6.07) is 17.4. The van der Waals surface area contributed by atoms with Crippen LogP contribution in [-0.2, 0) is 11.2 Å². The molecular weight excluding hydrogens is 350 g/mol. The Balaban J connectivity index is 1.66. The number of aromatic nitrogens is 1. The maximum Gasteiger partial charge on any atom is 0.255 e. The molecule has 1 heterocycles. The van der Waals surface area contributed by atoms with E-state index < -0.39 is 0 Å². The number of carbonyl (C=O) groups is 2. The van der Waals surface area contributed by atoms with Crippen LogP contribution in [0.3, 0.4) is 0 Å². The Kier molecular flexibility index (Phi) is 5.61. The quantitative estimate of drug-likeness (QED) is 0.712. The van der Waals surface area contributed by atoms with E-state index in [1.807, 2.05) is 12.1 Å². The van der Waals surface area contributed by atoms with Crippen LogP contribution in [0.5, 0.6) is 0 Å². The summed E-state index contributed by atoms with van der Waals surface area (Å²) in [5, 5.41) is 6.12. The number of halogens is 1. The van der Waals surface area contributed by atoms with Crippen molar-refractivity contribution >= 4 is 34.8 Å². The fourth-order valence-electron chi connectivity index (χ4n) is 2.40. The Bertz CT molecular complexity index is 929. The lowest BCUT2D eigenvalue weighted by atomic mass is 10.1. The molecular formula is C20H16ClN3O2. The van der Waals surface area contributed by atoms with E-state index >= 15 is 0 Å². The summed E-state index contributed by atoms with van der Waals surface area (Å²) in [7, 11) is 0. The molecule has 6 heteroatoms. The fraction of sp³-hybridized carbons (Fsp3) is 0.0500. The number of carbonyl (C=O) groups excluding carboxylic acids is 2. The van der Waals surface area contributed by atoms with Gasteiger partial charge in [0.1, 0.15) is 0 Å². The molecule has 0 fully saturated rings. The Labute approximate surface area is 156 Å². The number of nitrogens with one attached hydrogen (secondary N) is 2. The third-order valence-corrected chi connectivity index (χ3v) is 4.02. The van der Waals surface area contributed by atoms with Crippen LogP contribution in [0.2, 0.25) is 5.02 Å². The first-order valence-electron chi connectivity index (χ1n) is 7.96. The van der Waals surface area contributed by atoms with Gasteiger partial charge in [-0.05, 0) is 42.0 Å². The number of hydrogen-bond donors (Lipinski definition) is 2. The van der Waals surface area contributed by atoms with Gasteiger partial charge in [-0.2, -0.15) is 0 Å². The first-order chi connectivity index (χ1) is 12.6. The number of benzene rings is 2. The fourth-order valence-corrected chi connectivity index (χ4v) is 2.60. The van der Waals surface area contributed by atoms with Crippen molar-refractivity contribution in [3.63, 3.8) is 0 Å². The number of hydrogen-bond acceptors (Lipinski definition) is 3. The SMILES string of the molecule is O=C(Cc1ccccc1Cl)Nc1cccc(C(=O)Nc2ccncc2)c1. The molecule has 2 aromatic carbocycles. The summed E-state index contributed by atoms with van der Waals surface area (Å²) in [6.45, 7) is 0. The van der Waals surface area contributed by atoms with E-state index in [4.69, 9.17) is 11.6 Å². The van der Waals surface area contributed by atoms with Crippen molar-refractivity contribution in [3.8, 4) is 0 Å². The van der Waals surface area contributed by atoms with Crippen molar-refractivity contribution in [1.82, 2.24) is 4.98 Å². The van der Waals surface area contributed by atoms with Gasteiger partial charge in [0, 0.05) is 34.4 Å². The Morgan fingerprint density at radius 1 is 0.885 bits per heavy atom. The Hall–Kier alpha value is -3.18. The summed E-state index contributed by atoms with van der Waals surface area (Å²) in [5.41, 5.74) is 2.39. The smallest absolute Gasteiger partial charge is 0.255 e. The monoisotopic (exact) mass is 365 g/mol. The van der Waals surface area contributed by atoms with Gasteiger partial charge in [-0.25, -0.2) is 0 Å². The molecule has 0 aliphatic rings. The molecule has 0 radical (unpaired) electrons. The normalized spacial score (nSPS) is 10.2. The average molecular weight is 366 g/mol. The van der Waals surface area contributed by atoms with E-state index in [9.17, 15) is 9.59 Å². The summed E-state index contributed by atoms with van der Waals surface area (Å²) in [5.74, 6) is -0.469. The number of nitrogens with zero attached hydrogens (tertiary/aromatic N) is 1. The van der Waals surface area contributed by atoms with Crippen molar-refractivity contribution in [1.29, 1.82) is 0 Å². The molecule has 1 aromatic heterocycles. The number of anilines is 2. The zero-order valence-corrected chi connectivity index (χ0v) is 14.5. The van der Waals surface area contributed by atoms with Gasteiger partial charge in [0.2, 0.25) is 5.91 Å². The molecule has 26 heavy (non-hydrogen) atoms. The summed E-state index contributed by atoms with van der Waals surface area (Å²) in [4.78, 5) is 28.5. The Morgan fingerprint density at radius 3 is 2.42 bits per heavy atom. The zero-order valence-electron chi connectivity index (χ0n) is 13.8. The second kappa shape index (κ2) is 8.27. The summed E-state index contributed by atoms with van der Waals surface area (Å²) < 4.78 is 0. The lowest BCUT2D eigenvalue weighted by Crippen LogP contribution is -2.16. The van der Waals surface area contributed by atoms with Crippen LogP contribution >= 0.6 is 11.6 Å². The minimum Gasteiger partial charge on any atom is -0.326 e. The van der Waals surface area contributed by atoms with Crippen LogP contribution in [0.1, 0.15) is 15.9 Å². The minimum absolute atomic E-state index is 0.160. The molecule has 0 saturated heterocycles. The second-order valence-corrected chi connectivity index (χ2v) is 5.99. The highest BCUT2D eigenvalue weighted by Crippen LogP contribution is 2.17. The molecule has 0 aliphatic heterocycles. The van der Waals surface area contributed by atoms with E-state index in [0.717, 1.165) is 5.56 Å². The molecule has 0 saturated carbocycles. The maximum absolute atomic E-state index is 12.3. The van der Waals surface area contributed by atoms with Crippen LogP contribution in [0, 0.1) is 0 Å². The first kappa shape index (κ1) is 17.6. The van der Waals surface area contributed by atoms with Gasteiger partial charge in [-0.15, -0.1) is 0 Å². The predicted octanol–water partition coefficient (Wildman–Crippen LogP) is 4.17. The largest absolute Gasteiger partial charge is 0.326 e. The predicted molar refractivity (Wildman–Crippen MR) is 102 cm³/mol. The summed E-state index contributed by atoms with van der Waals surface area (Å²) >= 11 is 6.08. The van der Waals surface area contributed by atoms with Gasteiger partial charge in [-0.1, -0.05) is 35.9 Å². The van der Waals surface area contributed by atoms with E-state index in [-0.39, 0.29) is 18.2 Å². The average Bonchev–Trinajstić information content (AvgIpc) is 2.64. The molecule has 3 aromatic rings. The van der Waals surface area contributed by atoms with E-state index in [1.54, 1.807) is 60.9 Å². The minimum atomic E-state index is -0.265. The molecule has 0 aliphatic carbocycles. The highest BCUT2D eigenvalue weighted by atomic mass is 35.5. The van der Waals surface area contributed by atoms with Gasteiger partial charge < -0.3 is 10.6 Å². The highest BCUT2D eigenvalue weighted by Gasteiger charge is 2.10. The first-order valence-corrected chi connectivity index (χ1v) is 8.34. The standard InChI is InChI=1S/C20H16ClN3O2/c21-18-7-2-1-4-14(18)13-19(25)23-17-6-3-5-15(12-17)20(26)24-16-8-10-22-11-9-16/h1-12H,13H2,(H,23,25)(H,22,24,26). The second-order valence-electron chi connectivity index (χ2n) is 5.59. The van der Waals surface area contributed by atoms with Gasteiger partial charge in [0.05, 0.1) is 6.42 Å². The molecule has 5 nitrogen and oxygen atoms in total. The van der Waals surface area contributed by atoms with Crippen LogP contribution in [0.4, 0.5) is 11.4 Å². The van der Waals surface area contributed by atoms with Gasteiger partial charge in [-0.3, -0.25) is 14.6 Å². The molecule has 130 valence electrons. The van der Waals surface area contributed by atoms with Gasteiger partial charge in [0.15, 0.2) is 0 Å². The summed E-state index contributed by atoms with van der Waals surface area (Å²) in [6.07, 6.45) is 3.36. The number of rotatable bonds is 5. The van der Waals surface area contributed by atoms with Crippen LogP contribution in [0.25, 0.3) is 0 Å². The van der Waals surface area contributed by atoms with Gasteiger partial charge in [0.25, 0.3) is 5.91 Å². The Morgan fingerprint density at radius 2 is 1.65 bits per heavy atom. The van der Waals surface area contributed by atoms with Crippen molar-refractivity contribution in [2.75, 3.05) is 10.6 Å².